The molecule has 0 spiro atoms. The fourth-order valence-electron chi connectivity index (χ4n) is 6.13. The molecule has 0 radical (unpaired) electrons. The molecular weight excluding hydrogens is 480 g/mol. The summed E-state index contributed by atoms with van der Waals surface area (Å²) >= 11 is 0. The van der Waals surface area contributed by atoms with Crippen LogP contribution in [-0.2, 0) is 18.7 Å². The van der Waals surface area contributed by atoms with Crippen molar-refractivity contribution in [1.82, 2.24) is 0 Å². The zero-order valence-corrected chi connectivity index (χ0v) is 25.2. The first-order chi connectivity index (χ1) is 16.9. The van der Waals surface area contributed by atoms with Gasteiger partial charge in [-0.05, 0) is 41.6 Å². The van der Waals surface area contributed by atoms with E-state index in [0.29, 0.717) is 0 Å². The van der Waals surface area contributed by atoms with Gasteiger partial charge < -0.3 is 13.9 Å². The van der Waals surface area contributed by atoms with Gasteiger partial charge in [0.15, 0.2) is 5.78 Å². The Balaban J connectivity index is 1.78. The Morgan fingerprint density at radius 2 is 1.50 bits per heavy atom. The summed E-state index contributed by atoms with van der Waals surface area (Å²) in [6.45, 7) is 16.7. The Morgan fingerprint density at radius 1 is 0.944 bits per heavy atom. The van der Waals surface area contributed by atoms with Crippen molar-refractivity contribution in [3.05, 3.63) is 60.7 Å². The molecule has 4 nitrogen and oxygen atoms in total. The predicted molar refractivity (Wildman–Crippen MR) is 153 cm³/mol. The van der Waals surface area contributed by atoms with Crippen LogP contribution in [0.4, 0.5) is 0 Å². The molecule has 0 aliphatic carbocycles. The first-order valence-corrected chi connectivity index (χ1v) is 19.0. The van der Waals surface area contributed by atoms with Gasteiger partial charge in [-0.2, -0.15) is 0 Å². The molecule has 0 bridgehead atoms. The van der Waals surface area contributed by atoms with Gasteiger partial charge in [-0.15, -0.1) is 0 Å². The molecule has 0 N–H and O–H groups in total. The van der Waals surface area contributed by atoms with Crippen LogP contribution in [0.1, 0.15) is 47.0 Å². The van der Waals surface area contributed by atoms with Crippen LogP contribution < -0.4 is 10.4 Å². The van der Waals surface area contributed by atoms with Crippen LogP contribution in [0.3, 0.4) is 0 Å². The van der Waals surface area contributed by atoms with Gasteiger partial charge in [0.25, 0.3) is 8.32 Å². The lowest BCUT2D eigenvalue weighted by Crippen LogP contribution is -2.68. The maximum absolute atomic E-state index is 14.3. The second kappa shape index (κ2) is 10.3. The monoisotopic (exact) mass is 524 g/mol. The summed E-state index contributed by atoms with van der Waals surface area (Å²) < 4.78 is 20.2. The van der Waals surface area contributed by atoms with Gasteiger partial charge in [0.1, 0.15) is 5.60 Å². The molecule has 2 saturated heterocycles. The highest BCUT2D eigenvalue weighted by Gasteiger charge is 2.55. The highest BCUT2D eigenvalue weighted by molar-refractivity contribution is 6.99. The summed E-state index contributed by atoms with van der Waals surface area (Å²) in [4.78, 5) is 14.3. The second-order valence-corrected chi connectivity index (χ2v) is 22.6. The molecule has 2 aromatic carbocycles. The lowest BCUT2D eigenvalue weighted by molar-refractivity contribution is -0.172. The summed E-state index contributed by atoms with van der Waals surface area (Å²) in [7, 11) is -4.60. The Labute approximate surface area is 219 Å². The normalized spacial score (nSPS) is 27.9. The van der Waals surface area contributed by atoms with E-state index in [1.165, 1.54) is 10.4 Å². The van der Waals surface area contributed by atoms with Crippen molar-refractivity contribution in [2.75, 3.05) is 13.2 Å². The van der Waals surface area contributed by atoms with Gasteiger partial charge in [0, 0.05) is 12.1 Å². The minimum atomic E-state index is -2.79. The Hall–Kier alpha value is -1.58. The number of hydrogen-bond donors (Lipinski definition) is 0. The molecule has 6 heteroatoms. The predicted octanol–water partition coefficient (Wildman–Crippen LogP) is 5.57. The molecule has 2 aromatic rings. The van der Waals surface area contributed by atoms with E-state index < -0.39 is 22.0 Å². The maximum Gasteiger partial charge on any atom is 0.261 e. The van der Waals surface area contributed by atoms with Crippen LogP contribution >= 0.6 is 0 Å². The first kappa shape index (κ1) is 27.5. The summed E-state index contributed by atoms with van der Waals surface area (Å²) in [6, 6.07) is 21.2. The first-order valence-electron chi connectivity index (χ1n) is 13.5. The van der Waals surface area contributed by atoms with E-state index >= 15 is 0 Å². The van der Waals surface area contributed by atoms with E-state index in [2.05, 4.69) is 101 Å². The number of Topliss-reactive ketones (excluding diaryl/α,β-unsaturated/α-hetero) is 1. The SMILES string of the molecule is CC(C)(C)[Si](OC[C@@]1(C)O[C@H]2CCCO[C@@H]2C[C@H]([Si](C)(C)C)C1=O)(c1ccccc1)c1ccccc1. The summed E-state index contributed by atoms with van der Waals surface area (Å²) in [5.41, 5.74) is -1.02. The molecule has 2 heterocycles. The van der Waals surface area contributed by atoms with Crippen LogP contribution in [0.5, 0.6) is 0 Å². The van der Waals surface area contributed by atoms with Crippen LogP contribution in [0.15, 0.2) is 60.7 Å². The molecule has 2 aliphatic rings. The zero-order chi connectivity index (χ0) is 26.2. The van der Waals surface area contributed by atoms with E-state index in [4.69, 9.17) is 13.9 Å². The standard InChI is InChI=1S/C30H44O4Si2/c1-29(2,3)36(23-15-10-8-11-16-23,24-17-12-9-13-18-24)33-22-30(4)28(31)27(35(5,6)7)21-26-25(34-30)19-14-20-32-26/h8-13,15-18,25-27H,14,19-22H2,1-7H3/t25-,26+,27-,30+/m0/s1. The van der Waals surface area contributed by atoms with Gasteiger partial charge in [0.05, 0.1) is 26.9 Å². The van der Waals surface area contributed by atoms with Crippen LogP contribution in [0.2, 0.25) is 30.2 Å². The highest BCUT2D eigenvalue weighted by Crippen LogP contribution is 2.43. The van der Waals surface area contributed by atoms with Crippen molar-refractivity contribution in [3.63, 3.8) is 0 Å². The number of fused-ring (bicyclic) bond motifs is 1. The number of hydrogen-bond acceptors (Lipinski definition) is 4. The topological polar surface area (TPSA) is 44.8 Å². The fourth-order valence-corrected chi connectivity index (χ4v) is 12.8. The number of benzene rings is 2. The second-order valence-electron chi connectivity index (χ2n) is 12.9. The summed E-state index contributed by atoms with van der Waals surface area (Å²) in [5, 5.41) is 2.28. The van der Waals surface area contributed by atoms with Crippen molar-refractivity contribution < 1.29 is 18.7 Å². The summed E-state index contributed by atoms with van der Waals surface area (Å²) in [5.74, 6) is 0.206. The Morgan fingerprint density at radius 3 is 2.00 bits per heavy atom. The number of rotatable bonds is 6. The third kappa shape index (κ3) is 5.21. The van der Waals surface area contributed by atoms with Crippen molar-refractivity contribution in [1.29, 1.82) is 0 Å². The molecule has 0 unspecified atom stereocenters. The van der Waals surface area contributed by atoms with E-state index in [0.717, 1.165) is 25.9 Å². The molecule has 196 valence electrons. The minimum absolute atomic E-state index is 0.00545. The van der Waals surface area contributed by atoms with Gasteiger partial charge in [-0.1, -0.05) is 101 Å². The lowest BCUT2D eigenvalue weighted by Gasteiger charge is -2.45. The van der Waals surface area contributed by atoms with Crippen LogP contribution in [0, 0.1) is 0 Å². The number of ketones is 1. The molecule has 36 heavy (non-hydrogen) atoms. The summed E-state index contributed by atoms with van der Waals surface area (Å²) in [6.07, 6.45) is 2.61. The maximum atomic E-state index is 14.3. The molecule has 2 aliphatic heterocycles. The molecule has 0 amide bonds. The van der Waals surface area contributed by atoms with Crippen molar-refractivity contribution in [2.24, 2.45) is 0 Å². The molecule has 0 aromatic heterocycles. The van der Waals surface area contributed by atoms with E-state index in [9.17, 15) is 4.79 Å². The van der Waals surface area contributed by atoms with E-state index in [1.54, 1.807) is 0 Å². The average Bonchev–Trinajstić information content (AvgIpc) is 2.94. The van der Waals surface area contributed by atoms with Gasteiger partial charge in [0.2, 0.25) is 0 Å². The smallest absolute Gasteiger partial charge is 0.261 e. The van der Waals surface area contributed by atoms with Gasteiger partial charge in [-0.3, -0.25) is 4.79 Å². The van der Waals surface area contributed by atoms with Gasteiger partial charge in [-0.25, -0.2) is 0 Å². The third-order valence-electron chi connectivity index (χ3n) is 8.12. The van der Waals surface area contributed by atoms with Crippen molar-refractivity contribution >= 4 is 32.5 Å². The van der Waals surface area contributed by atoms with Crippen molar-refractivity contribution in [2.45, 2.75) is 95.0 Å². The number of carbonyl (C=O) groups is 1. The number of ether oxygens (including phenoxy) is 2. The zero-order valence-electron chi connectivity index (χ0n) is 23.2. The van der Waals surface area contributed by atoms with E-state index in [1.807, 2.05) is 6.92 Å². The minimum Gasteiger partial charge on any atom is -0.404 e. The largest absolute Gasteiger partial charge is 0.404 e. The average molecular weight is 525 g/mol. The van der Waals surface area contributed by atoms with Crippen molar-refractivity contribution in [3.8, 4) is 0 Å². The quantitative estimate of drug-likeness (QED) is 0.464. The lowest BCUT2D eigenvalue weighted by atomic mass is 9.97. The molecule has 4 rings (SSSR count). The fraction of sp³-hybridized carbons (Fsp3) is 0.567. The molecule has 0 saturated carbocycles. The van der Waals surface area contributed by atoms with E-state index in [-0.39, 0.29) is 35.2 Å². The Bertz CT molecular complexity index is 989. The van der Waals surface area contributed by atoms with Crippen LogP contribution in [0.25, 0.3) is 0 Å². The molecule has 2 fully saturated rings. The highest BCUT2D eigenvalue weighted by atomic mass is 28.4. The Kier molecular flexibility index (Phi) is 7.85. The van der Waals surface area contributed by atoms with Crippen LogP contribution in [-0.4, -0.2) is 53.2 Å². The third-order valence-corrected chi connectivity index (χ3v) is 15.7. The number of carbonyl (C=O) groups excluding carboxylic acids is 1. The van der Waals surface area contributed by atoms with Gasteiger partial charge >= 0.3 is 0 Å². The molecular formula is C30H44O4Si2. The molecule has 4 atom stereocenters.